The monoisotopic (exact) mass is 553 g/mol. The second-order valence-corrected chi connectivity index (χ2v) is 13.2. The summed E-state index contributed by atoms with van der Waals surface area (Å²) in [6.07, 6.45) is 2.85. The van der Waals surface area contributed by atoms with Crippen molar-refractivity contribution in [3.63, 3.8) is 0 Å². The quantitative estimate of drug-likeness (QED) is 0.418. The highest BCUT2D eigenvalue weighted by atomic mass is 32.1. The van der Waals surface area contributed by atoms with Gasteiger partial charge in [0.05, 0.1) is 27.7 Å². The molecule has 0 spiro atoms. The third-order valence-corrected chi connectivity index (χ3v) is 9.41. The molecule has 3 fully saturated rings. The van der Waals surface area contributed by atoms with Crippen LogP contribution in [0.4, 0.5) is 0 Å². The van der Waals surface area contributed by atoms with E-state index < -0.39 is 29.1 Å². The average Bonchev–Trinajstić information content (AvgIpc) is 3.69. The van der Waals surface area contributed by atoms with Gasteiger partial charge in [-0.2, -0.15) is 0 Å². The number of nitrogens with zero attached hydrogens (tertiary/aromatic N) is 2. The molecule has 0 unspecified atom stereocenters. The van der Waals surface area contributed by atoms with Gasteiger partial charge in [0, 0.05) is 25.6 Å². The highest BCUT2D eigenvalue weighted by molar-refractivity contribution is 7.13. The van der Waals surface area contributed by atoms with Crippen LogP contribution in [0.5, 0.6) is 0 Å². The van der Waals surface area contributed by atoms with Crippen molar-refractivity contribution in [3.05, 3.63) is 41.0 Å². The molecule has 2 aromatic rings. The summed E-state index contributed by atoms with van der Waals surface area (Å²) in [6.45, 7) is 8.08. The highest BCUT2D eigenvalue weighted by Gasteiger charge is 2.52. The van der Waals surface area contributed by atoms with E-state index in [1.807, 2.05) is 57.5 Å². The van der Waals surface area contributed by atoms with Gasteiger partial charge in [-0.3, -0.25) is 14.4 Å². The number of nitrogens with one attached hydrogen (secondary N) is 3. The molecule has 1 aromatic heterocycles. The first kappa shape index (κ1) is 27.7. The molecule has 3 aliphatic rings. The van der Waals surface area contributed by atoms with E-state index in [1.54, 1.807) is 11.3 Å². The molecule has 0 saturated carbocycles. The molecule has 3 atom stereocenters. The Labute approximate surface area is 233 Å². The van der Waals surface area contributed by atoms with Crippen molar-refractivity contribution >= 4 is 29.1 Å². The molecular weight excluding hydrogens is 514 g/mol. The molecule has 0 radical (unpaired) electrons. The summed E-state index contributed by atoms with van der Waals surface area (Å²) in [7, 11) is 0. The van der Waals surface area contributed by atoms with Crippen LogP contribution in [0.2, 0.25) is 0 Å². The molecule has 4 N–H and O–H groups in total. The predicted molar refractivity (Wildman–Crippen MR) is 150 cm³/mol. The summed E-state index contributed by atoms with van der Waals surface area (Å²) in [6, 6.07) is 6.72. The smallest absolute Gasteiger partial charge is 0.246 e. The third kappa shape index (κ3) is 5.60. The zero-order valence-corrected chi connectivity index (χ0v) is 23.9. The number of aromatic nitrogens is 1. The summed E-state index contributed by atoms with van der Waals surface area (Å²) in [5.74, 6) is -0.787. The first-order chi connectivity index (χ1) is 18.5. The fourth-order valence-electron chi connectivity index (χ4n) is 6.13. The molecule has 1 aromatic carbocycles. The van der Waals surface area contributed by atoms with E-state index in [4.69, 9.17) is 0 Å². The topological polar surface area (TPSA) is 124 Å². The van der Waals surface area contributed by atoms with Crippen molar-refractivity contribution < 1.29 is 19.5 Å². The lowest BCUT2D eigenvalue weighted by molar-refractivity contribution is -0.144. The molecule has 10 heteroatoms. The van der Waals surface area contributed by atoms with Gasteiger partial charge in [0.2, 0.25) is 17.7 Å². The van der Waals surface area contributed by atoms with Gasteiger partial charge in [0.25, 0.3) is 0 Å². The molecule has 3 amide bonds. The van der Waals surface area contributed by atoms with Gasteiger partial charge in [-0.15, -0.1) is 11.3 Å². The zero-order chi connectivity index (χ0) is 27.9. The summed E-state index contributed by atoms with van der Waals surface area (Å²) >= 11 is 1.59. The van der Waals surface area contributed by atoms with Crippen molar-refractivity contribution in [2.75, 3.05) is 6.54 Å². The fraction of sp³-hybridized carbons (Fsp3) is 0.586. The van der Waals surface area contributed by atoms with Crippen LogP contribution in [-0.4, -0.2) is 69.0 Å². The van der Waals surface area contributed by atoms with Gasteiger partial charge in [0.1, 0.15) is 12.1 Å². The Bertz CT molecular complexity index is 1230. The Morgan fingerprint density at radius 1 is 1.21 bits per heavy atom. The largest absolute Gasteiger partial charge is 0.391 e. The number of aliphatic hydroxyl groups excluding tert-OH is 1. The van der Waals surface area contributed by atoms with E-state index in [0.717, 1.165) is 47.4 Å². The molecule has 3 aliphatic heterocycles. The minimum Gasteiger partial charge on any atom is -0.391 e. The maximum Gasteiger partial charge on any atom is 0.246 e. The van der Waals surface area contributed by atoms with E-state index in [-0.39, 0.29) is 30.7 Å². The Balaban J connectivity index is 1.25. The Hall–Kier alpha value is -2.82. The second-order valence-electron chi connectivity index (χ2n) is 12.4. The number of aryl methyl sites for hydroxylation is 1. The van der Waals surface area contributed by atoms with Crippen molar-refractivity contribution in [3.8, 4) is 10.4 Å². The normalized spacial score (nSPS) is 27.0. The van der Waals surface area contributed by atoms with Gasteiger partial charge in [-0.25, -0.2) is 4.98 Å². The Morgan fingerprint density at radius 2 is 1.90 bits per heavy atom. The minimum absolute atomic E-state index is 0.0632. The van der Waals surface area contributed by atoms with Crippen LogP contribution < -0.4 is 16.0 Å². The number of hydrogen-bond donors (Lipinski definition) is 4. The SMILES string of the molecule is Cc1ncsc1-c1ccc(CNC(=O)[C@@H]2C[C@@H](O)CN2C(=O)[C@H](NC(=O)C23CCC(CC2)N3)C(C)(C)C)cc1. The number of aliphatic hydroxyl groups is 1. The van der Waals surface area contributed by atoms with E-state index >= 15 is 0 Å². The lowest BCUT2D eigenvalue weighted by Gasteiger charge is -2.37. The summed E-state index contributed by atoms with van der Waals surface area (Å²) in [4.78, 5) is 47.4. The van der Waals surface area contributed by atoms with E-state index in [2.05, 4.69) is 20.9 Å². The minimum atomic E-state index is -0.816. The molecule has 39 heavy (non-hydrogen) atoms. The Morgan fingerprint density at radius 3 is 2.46 bits per heavy atom. The molecule has 0 aliphatic carbocycles. The summed E-state index contributed by atoms with van der Waals surface area (Å²) in [5.41, 5.74) is 3.64. The zero-order valence-electron chi connectivity index (χ0n) is 23.1. The number of hydrogen-bond acceptors (Lipinski definition) is 7. The van der Waals surface area contributed by atoms with Crippen LogP contribution in [0.1, 0.15) is 64.1 Å². The van der Waals surface area contributed by atoms with E-state index in [1.165, 1.54) is 4.90 Å². The maximum atomic E-state index is 13.9. The predicted octanol–water partition coefficient (Wildman–Crippen LogP) is 2.51. The molecule has 5 rings (SSSR count). The fourth-order valence-corrected chi connectivity index (χ4v) is 6.94. The number of β-amino-alcohol motifs (C(OH)–C–C–N with tert-alkyl or cyclic N) is 1. The van der Waals surface area contributed by atoms with Gasteiger partial charge in [0.15, 0.2) is 0 Å². The van der Waals surface area contributed by atoms with E-state index in [9.17, 15) is 19.5 Å². The van der Waals surface area contributed by atoms with Crippen molar-refractivity contribution in [1.29, 1.82) is 0 Å². The molecule has 3 saturated heterocycles. The lowest BCUT2D eigenvalue weighted by atomic mass is 9.83. The standard InChI is InChI=1S/C29H39N5O4S/c1-17-23(39-16-31-17)19-7-5-18(6-8-19)14-30-25(36)22-13-21(35)15-34(22)26(37)24(28(2,3)4)32-27(38)29-11-9-20(33-29)10-12-29/h5-8,16,20-22,24,33,35H,9-15H2,1-4H3,(H,30,36)(H,32,38)/t20?,21-,22+,24+,29?/m1/s1. The summed E-state index contributed by atoms with van der Waals surface area (Å²) in [5, 5.41) is 19.9. The number of amides is 3. The third-order valence-electron chi connectivity index (χ3n) is 8.44. The molecule has 4 heterocycles. The number of fused-ring (bicyclic) bond motifs is 2. The maximum absolute atomic E-state index is 13.9. The highest BCUT2D eigenvalue weighted by Crippen LogP contribution is 2.38. The van der Waals surface area contributed by atoms with Crippen molar-refractivity contribution in [2.24, 2.45) is 5.41 Å². The van der Waals surface area contributed by atoms with Crippen molar-refractivity contribution in [2.45, 2.75) is 96.1 Å². The molecular formula is C29H39N5O4S. The van der Waals surface area contributed by atoms with Crippen LogP contribution in [-0.2, 0) is 20.9 Å². The number of carbonyl (C=O) groups excluding carboxylic acids is 3. The van der Waals surface area contributed by atoms with Crippen LogP contribution in [0.25, 0.3) is 10.4 Å². The molecule has 2 bridgehead atoms. The van der Waals surface area contributed by atoms with Gasteiger partial charge >= 0.3 is 0 Å². The number of rotatable bonds is 7. The second kappa shape index (κ2) is 10.6. The molecule has 9 nitrogen and oxygen atoms in total. The van der Waals surface area contributed by atoms with Crippen molar-refractivity contribution in [1.82, 2.24) is 25.8 Å². The first-order valence-electron chi connectivity index (χ1n) is 13.8. The lowest BCUT2D eigenvalue weighted by Crippen LogP contribution is -2.62. The van der Waals surface area contributed by atoms with Crippen LogP contribution >= 0.6 is 11.3 Å². The van der Waals surface area contributed by atoms with Crippen LogP contribution in [0.3, 0.4) is 0 Å². The molecule has 210 valence electrons. The van der Waals surface area contributed by atoms with E-state index in [0.29, 0.717) is 12.6 Å². The van der Waals surface area contributed by atoms with Gasteiger partial charge < -0.3 is 26.0 Å². The van der Waals surface area contributed by atoms with Gasteiger partial charge in [-0.05, 0) is 49.1 Å². The first-order valence-corrected chi connectivity index (χ1v) is 14.7. The number of thiazole rings is 1. The van der Waals surface area contributed by atoms with Crippen LogP contribution in [0, 0.1) is 12.3 Å². The van der Waals surface area contributed by atoms with Crippen LogP contribution in [0.15, 0.2) is 29.8 Å². The number of carbonyl (C=O) groups is 3. The Kier molecular flexibility index (Phi) is 7.56. The number of likely N-dealkylation sites (tertiary alicyclic amines) is 1. The average molecular weight is 554 g/mol. The summed E-state index contributed by atoms with van der Waals surface area (Å²) < 4.78 is 0. The van der Waals surface area contributed by atoms with Gasteiger partial charge in [-0.1, -0.05) is 45.0 Å². The number of benzene rings is 1.